The number of fused-ring (bicyclic) bond motifs is 1. The zero-order valence-electron chi connectivity index (χ0n) is 25.9. The number of carbonyl (C=O) groups is 1. The van der Waals surface area contributed by atoms with Gasteiger partial charge in [0.2, 0.25) is 10.0 Å². The highest BCUT2D eigenvalue weighted by Gasteiger charge is 2.32. The molecule has 0 bridgehead atoms. The van der Waals surface area contributed by atoms with E-state index in [-0.39, 0.29) is 42.5 Å². The lowest BCUT2D eigenvalue weighted by atomic mass is 10.0. The van der Waals surface area contributed by atoms with Crippen LogP contribution >= 0.6 is 0 Å². The van der Waals surface area contributed by atoms with Gasteiger partial charge in [-0.25, -0.2) is 8.42 Å². The van der Waals surface area contributed by atoms with Crippen LogP contribution in [0.3, 0.4) is 0 Å². The van der Waals surface area contributed by atoms with E-state index in [0.717, 1.165) is 24.9 Å². The van der Waals surface area contributed by atoms with E-state index in [1.165, 1.54) is 30.6 Å². The van der Waals surface area contributed by atoms with Gasteiger partial charge in [0.1, 0.15) is 11.5 Å². The van der Waals surface area contributed by atoms with Crippen LogP contribution in [-0.2, 0) is 14.8 Å². The first-order valence-electron chi connectivity index (χ1n) is 14.5. The number of benzene rings is 2. The molecule has 0 spiro atoms. The quantitative estimate of drug-likeness (QED) is 0.483. The molecule has 1 aliphatic rings. The maximum Gasteiger partial charge on any atom is 0.258 e. The second kappa shape index (κ2) is 15.0. The van der Waals surface area contributed by atoms with Crippen molar-refractivity contribution >= 4 is 21.6 Å². The molecule has 3 rings (SSSR count). The summed E-state index contributed by atoms with van der Waals surface area (Å²) < 4.78 is 45.9. The van der Waals surface area contributed by atoms with Crippen LogP contribution < -0.4 is 14.4 Å². The minimum absolute atomic E-state index is 0.103. The first kappa shape index (κ1) is 33.6. The van der Waals surface area contributed by atoms with Crippen LogP contribution in [0.1, 0.15) is 50.4 Å². The number of rotatable bonds is 8. The molecule has 1 amide bonds. The van der Waals surface area contributed by atoms with Crippen LogP contribution in [-0.4, -0.2) is 101 Å². The van der Waals surface area contributed by atoms with Crippen LogP contribution in [0.5, 0.6) is 11.5 Å². The number of nitrogens with zero attached hydrogens (tertiary/aromatic N) is 3. The monoisotopic (exact) mass is 605 g/mol. The smallest absolute Gasteiger partial charge is 0.258 e. The Hall–Kier alpha value is -2.86. The first-order valence-corrected chi connectivity index (χ1v) is 15.9. The van der Waals surface area contributed by atoms with Gasteiger partial charge in [0.25, 0.3) is 5.91 Å². The molecule has 1 aliphatic heterocycles. The Labute approximate surface area is 251 Å². The van der Waals surface area contributed by atoms with Gasteiger partial charge in [-0.05, 0) is 75.6 Å². The van der Waals surface area contributed by atoms with E-state index in [0.29, 0.717) is 23.7 Å². The van der Waals surface area contributed by atoms with Crippen molar-refractivity contribution in [1.82, 2.24) is 9.21 Å². The van der Waals surface area contributed by atoms with E-state index in [1.807, 2.05) is 51.0 Å². The number of aliphatic hydroxyl groups excluding tert-OH is 1. The number of ether oxygens (including phenoxy) is 3. The van der Waals surface area contributed by atoms with Crippen LogP contribution in [0, 0.1) is 5.92 Å². The summed E-state index contributed by atoms with van der Waals surface area (Å²) in [4.78, 5) is 17.8. The largest absolute Gasteiger partial charge is 0.497 e. The third kappa shape index (κ3) is 8.37. The van der Waals surface area contributed by atoms with Gasteiger partial charge in [-0.2, -0.15) is 4.31 Å². The molecule has 0 unspecified atom stereocenters. The lowest BCUT2D eigenvalue weighted by molar-refractivity contribution is -0.00833. The van der Waals surface area contributed by atoms with E-state index in [4.69, 9.17) is 14.2 Å². The van der Waals surface area contributed by atoms with Crippen molar-refractivity contribution < 1.29 is 32.5 Å². The number of aliphatic hydroxyl groups is 1. The molecule has 11 heteroatoms. The molecule has 2 aromatic carbocycles. The molecule has 0 aliphatic carbocycles. The van der Waals surface area contributed by atoms with E-state index in [9.17, 15) is 18.3 Å². The third-order valence-electron chi connectivity index (χ3n) is 7.76. The zero-order chi connectivity index (χ0) is 31.0. The molecule has 0 aromatic heterocycles. The van der Waals surface area contributed by atoms with Gasteiger partial charge in [-0.1, -0.05) is 6.92 Å². The number of hydrogen-bond donors (Lipinski definition) is 1. The SMILES string of the molecule is COc1ccc(S(=O)(=O)N(C)C[C@@H]2OCCCC[C@@H](C)Oc3ccc(N(C)C)cc3C(=O)N([C@@H](C)CO)C[C@@H]2C)cc1. The summed E-state index contributed by atoms with van der Waals surface area (Å²) in [5, 5.41) is 10.1. The van der Waals surface area contributed by atoms with Crippen molar-refractivity contribution in [3.63, 3.8) is 0 Å². The average molecular weight is 606 g/mol. The van der Waals surface area contributed by atoms with E-state index >= 15 is 0 Å². The highest BCUT2D eigenvalue weighted by atomic mass is 32.2. The van der Waals surface area contributed by atoms with E-state index in [1.54, 1.807) is 24.0 Å². The average Bonchev–Trinajstić information content (AvgIpc) is 2.97. The normalized spacial score (nSPS) is 21.7. The lowest BCUT2D eigenvalue weighted by Crippen LogP contribution is -2.48. The number of methoxy groups -OCH3 is 1. The lowest BCUT2D eigenvalue weighted by Gasteiger charge is -2.35. The summed E-state index contributed by atoms with van der Waals surface area (Å²) in [7, 11) is 3.09. The summed E-state index contributed by atoms with van der Waals surface area (Å²) in [6.07, 6.45) is 1.80. The summed E-state index contributed by atoms with van der Waals surface area (Å²) in [6.45, 7) is 6.31. The molecular weight excluding hydrogens is 558 g/mol. The van der Waals surface area contributed by atoms with Crippen molar-refractivity contribution in [2.75, 3.05) is 59.5 Å². The van der Waals surface area contributed by atoms with Gasteiger partial charge < -0.3 is 29.1 Å². The fourth-order valence-corrected chi connectivity index (χ4v) is 6.11. The maximum atomic E-state index is 14.1. The predicted molar refractivity (Wildman–Crippen MR) is 164 cm³/mol. The summed E-state index contributed by atoms with van der Waals surface area (Å²) in [6, 6.07) is 11.4. The molecule has 1 heterocycles. The predicted octanol–water partition coefficient (Wildman–Crippen LogP) is 3.88. The molecule has 2 aromatic rings. The molecule has 234 valence electrons. The van der Waals surface area contributed by atoms with Crippen LogP contribution in [0.15, 0.2) is 47.4 Å². The summed E-state index contributed by atoms with van der Waals surface area (Å²) >= 11 is 0. The topological polar surface area (TPSA) is 109 Å². The zero-order valence-corrected chi connectivity index (χ0v) is 26.8. The Morgan fingerprint density at radius 2 is 1.79 bits per heavy atom. The van der Waals surface area contributed by atoms with Gasteiger partial charge in [0.15, 0.2) is 0 Å². The molecule has 42 heavy (non-hydrogen) atoms. The minimum atomic E-state index is -3.80. The fourth-order valence-electron chi connectivity index (χ4n) is 4.93. The Balaban J connectivity index is 1.95. The first-order chi connectivity index (χ1) is 19.9. The number of amides is 1. The highest BCUT2D eigenvalue weighted by molar-refractivity contribution is 7.89. The molecule has 0 saturated heterocycles. The highest BCUT2D eigenvalue weighted by Crippen LogP contribution is 2.29. The Kier molecular flexibility index (Phi) is 12.0. The number of hydrogen-bond acceptors (Lipinski definition) is 8. The second-order valence-electron chi connectivity index (χ2n) is 11.3. The van der Waals surface area contributed by atoms with Crippen molar-refractivity contribution in [2.45, 2.75) is 63.2 Å². The van der Waals surface area contributed by atoms with E-state index in [2.05, 4.69) is 0 Å². The number of sulfonamides is 1. The Morgan fingerprint density at radius 3 is 2.40 bits per heavy atom. The van der Waals surface area contributed by atoms with Crippen LogP contribution in [0.25, 0.3) is 0 Å². The molecular formula is C31H47N3O7S. The van der Waals surface area contributed by atoms with Crippen molar-refractivity contribution in [3.05, 3.63) is 48.0 Å². The van der Waals surface area contributed by atoms with Crippen LogP contribution in [0.2, 0.25) is 0 Å². The Bertz CT molecular complexity index is 1270. The minimum Gasteiger partial charge on any atom is -0.497 e. The fraction of sp³-hybridized carbons (Fsp3) is 0.581. The maximum absolute atomic E-state index is 14.1. The van der Waals surface area contributed by atoms with E-state index < -0.39 is 22.2 Å². The van der Waals surface area contributed by atoms with Crippen molar-refractivity contribution in [1.29, 1.82) is 0 Å². The molecule has 4 atom stereocenters. The van der Waals surface area contributed by atoms with Gasteiger partial charge in [0, 0.05) is 52.4 Å². The molecule has 1 N–H and O–H groups in total. The third-order valence-corrected chi connectivity index (χ3v) is 9.59. The number of carbonyl (C=O) groups excluding carboxylic acids is 1. The van der Waals surface area contributed by atoms with Gasteiger partial charge in [-0.15, -0.1) is 0 Å². The van der Waals surface area contributed by atoms with Crippen molar-refractivity contribution in [2.24, 2.45) is 5.92 Å². The summed E-state index contributed by atoms with van der Waals surface area (Å²) in [5.74, 6) is 0.571. The molecule has 0 radical (unpaired) electrons. The van der Waals surface area contributed by atoms with Gasteiger partial charge in [-0.3, -0.25) is 4.79 Å². The summed E-state index contributed by atoms with van der Waals surface area (Å²) in [5.41, 5.74) is 1.28. The van der Waals surface area contributed by atoms with Gasteiger partial charge >= 0.3 is 0 Å². The second-order valence-corrected chi connectivity index (χ2v) is 13.4. The Morgan fingerprint density at radius 1 is 1.10 bits per heavy atom. The molecule has 0 saturated carbocycles. The molecule has 0 fully saturated rings. The standard InChI is InChI=1S/C31H47N3O7S/c1-22-19-34(23(2)21-35)31(36)28-18-25(32(4)5)11-16-29(28)41-24(3)10-8-9-17-40-30(22)20-33(6)42(37,38)27-14-12-26(39-7)13-15-27/h11-16,18,22-24,30,35H,8-10,17,19-21H2,1-7H3/t22-,23-,24+,30-/m0/s1. The number of likely N-dealkylation sites (N-methyl/N-ethyl adjacent to an activating group) is 1. The van der Waals surface area contributed by atoms with Gasteiger partial charge in [0.05, 0.1) is 42.4 Å². The van der Waals surface area contributed by atoms with Crippen molar-refractivity contribution in [3.8, 4) is 11.5 Å². The number of anilines is 1. The van der Waals surface area contributed by atoms with Crippen LogP contribution in [0.4, 0.5) is 5.69 Å². The molecule has 10 nitrogen and oxygen atoms in total.